The number of allylic oxidation sites excluding steroid dienone is 1. The van der Waals surface area contributed by atoms with Gasteiger partial charge in [-0.3, -0.25) is 9.69 Å². The van der Waals surface area contributed by atoms with Crippen molar-refractivity contribution in [2.45, 2.75) is 63.8 Å². The second kappa shape index (κ2) is 10.4. The maximum Gasteiger partial charge on any atom is 0.247 e. The molecule has 0 radical (unpaired) electrons. The fraction of sp³-hybridized carbons (Fsp3) is 0.640. The number of amides is 1. The van der Waals surface area contributed by atoms with Crippen LogP contribution in [0.2, 0.25) is 0 Å². The van der Waals surface area contributed by atoms with Crippen LogP contribution in [0.5, 0.6) is 0 Å². The van der Waals surface area contributed by atoms with E-state index in [0.29, 0.717) is 6.04 Å². The SMILES string of the molecule is O=C(N[C@H]1CC[C@H](CCN2CCN(c3cccc(F)c3)CC2)CC1)C1=CCCCC1. The number of halogens is 1. The van der Waals surface area contributed by atoms with E-state index in [9.17, 15) is 9.18 Å². The van der Waals surface area contributed by atoms with Crippen molar-refractivity contribution in [3.8, 4) is 0 Å². The van der Waals surface area contributed by atoms with Crippen molar-refractivity contribution in [1.82, 2.24) is 10.2 Å². The van der Waals surface area contributed by atoms with Gasteiger partial charge in [0, 0.05) is 43.5 Å². The van der Waals surface area contributed by atoms with Crippen LogP contribution in [-0.2, 0) is 4.79 Å². The van der Waals surface area contributed by atoms with Gasteiger partial charge in [-0.1, -0.05) is 12.1 Å². The van der Waals surface area contributed by atoms with Crippen LogP contribution in [0, 0.1) is 11.7 Å². The predicted octanol–water partition coefficient (Wildman–Crippen LogP) is 4.51. The van der Waals surface area contributed by atoms with Gasteiger partial charge in [-0.05, 0) is 88.4 Å². The van der Waals surface area contributed by atoms with Gasteiger partial charge in [0.15, 0.2) is 0 Å². The van der Waals surface area contributed by atoms with Crippen molar-refractivity contribution in [1.29, 1.82) is 0 Å². The predicted molar refractivity (Wildman–Crippen MR) is 120 cm³/mol. The number of carbonyl (C=O) groups excluding carboxylic acids is 1. The van der Waals surface area contributed by atoms with Crippen molar-refractivity contribution in [2.24, 2.45) is 5.92 Å². The zero-order chi connectivity index (χ0) is 20.8. The molecule has 1 saturated carbocycles. The molecule has 0 unspecified atom stereocenters. The summed E-state index contributed by atoms with van der Waals surface area (Å²) < 4.78 is 13.5. The zero-order valence-corrected chi connectivity index (χ0v) is 18.1. The van der Waals surface area contributed by atoms with Crippen LogP contribution in [0.3, 0.4) is 0 Å². The van der Waals surface area contributed by atoms with E-state index in [1.54, 1.807) is 12.1 Å². The molecule has 2 aliphatic carbocycles. The molecule has 1 N–H and O–H groups in total. The molecular weight excluding hydrogens is 377 g/mol. The molecule has 1 amide bonds. The van der Waals surface area contributed by atoms with E-state index in [0.717, 1.165) is 82.0 Å². The molecule has 1 aromatic rings. The summed E-state index contributed by atoms with van der Waals surface area (Å²) >= 11 is 0. The molecular formula is C25H36FN3O. The van der Waals surface area contributed by atoms with Gasteiger partial charge >= 0.3 is 0 Å². The van der Waals surface area contributed by atoms with Gasteiger partial charge in [-0.15, -0.1) is 0 Å². The Morgan fingerprint density at radius 3 is 2.57 bits per heavy atom. The standard InChI is InChI=1S/C25H36FN3O/c26-22-7-4-8-24(19-22)29-17-15-28(16-18-29)14-13-20-9-11-23(12-10-20)27-25(30)21-5-2-1-3-6-21/h4-5,7-8,19-20,23H,1-3,6,9-18H2,(H,27,30)/t20-,23-. The lowest BCUT2D eigenvalue weighted by Crippen LogP contribution is -2.47. The maximum absolute atomic E-state index is 13.5. The van der Waals surface area contributed by atoms with E-state index in [1.165, 1.54) is 31.7 Å². The molecule has 0 spiro atoms. The number of rotatable bonds is 6. The van der Waals surface area contributed by atoms with Crippen molar-refractivity contribution in [3.63, 3.8) is 0 Å². The van der Waals surface area contributed by atoms with Gasteiger partial charge in [0.2, 0.25) is 5.91 Å². The summed E-state index contributed by atoms with van der Waals surface area (Å²) in [6.45, 7) is 5.20. The normalized spacial score (nSPS) is 25.6. The first-order valence-electron chi connectivity index (χ1n) is 11.9. The Hall–Kier alpha value is -1.88. The first-order valence-corrected chi connectivity index (χ1v) is 11.9. The molecule has 0 atom stereocenters. The largest absolute Gasteiger partial charge is 0.369 e. The molecule has 1 aromatic carbocycles. The molecule has 5 heteroatoms. The smallest absolute Gasteiger partial charge is 0.247 e. The highest BCUT2D eigenvalue weighted by Gasteiger charge is 2.25. The number of nitrogens with one attached hydrogen (secondary N) is 1. The number of hydrogen-bond donors (Lipinski definition) is 1. The maximum atomic E-state index is 13.5. The number of carbonyl (C=O) groups is 1. The summed E-state index contributed by atoms with van der Waals surface area (Å²) in [5.41, 5.74) is 2.01. The molecule has 0 bridgehead atoms. The Kier molecular flexibility index (Phi) is 7.42. The quantitative estimate of drug-likeness (QED) is 0.745. The van der Waals surface area contributed by atoms with Crippen LogP contribution in [-0.4, -0.2) is 49.6 Å². The summed E-state index contributed by atoms with van der Waals surface area (Å²) in [4.78, 5) is 17.3. The van der Waals surface area contributed by atoms with Crippen molar-refractivity contribution >= 4 is 11.6 Å². The van der Waals surface area contributed by atoms with Gasteiger partial charge in [-0.2, -0.15) is 0 Å². The summed E-state index contributed by atoms with van der Waals surface area (Å²) in [7, 11) is 0. The van der Waals surface area contributed by atoms with Gasteiger partial charge in [0.25, 0.3) is 0 Å². The summed E-state index contributed by atoms with van der Waals surface area (Å²) in [6.07, 6.45) is 12.5. The van der Waals surface area contributed by atoms with E-state index >= 15 is 0 Å². The molecule has 0 aromatic heterocycles. The summed E-state index contributed by atoms with van der Waals surface area (Å²) in [5.74, 6) is 0.819. The lowest BCUT2D eigenvalue weighted by molar-refractivity contribution is -0.118. The van der Waals surface area contributed by atoms with E-state index in [4.69, 9.17) is 0 Å². The molecule has 2 fully saturated rings. The minimum Gasteiger partial charge on any atom is -0.369 e. The molecule has 3 aliphatic rings. The summed E-state index contributed by atoms with van der Waals surface area (Å²) in [6, 6.07) is 7.31. The Balaban J connectivity index is 1.13. The van der Waals surface area contributed by atoms with Crippen LogP contribution >= 0.6 is 0 Å². The highest BCUT2D eigenvalue weighted by Crippen LogP contribution is 2.28. The van der Waals surface area contributed by atoms with Gasteiger partial charge < -0.3 is 10.2 Å². The monoisotopic (exact) mass is 413 g/mol. The van der Waals surface area contributed by atoms with Crippen molar-refractivity contribution in [3.05, 3.63) is 41.7 Å². The van der Waals surface area contributed by atoms with Crippen LogP contribution in [0.1, 0.15) is 57.8 Å². The third kappa shape index (κ3) is 5.84. The minimum atomic E-state index is -0.155. The Labute approximate surface area is 180 Å². The molecule has 4 nitrogen and oxygen atoms in total. The lowest BCUT2D eigenvalue weighted by atomic mass is 9.83. The molecule has 4 rings (SSSR count). The fourth-order valence-corrected chi connectivity index (χ4v) is 5.19. The third-order valence-corrected chi connectivity index (χ3v) is 7.16. The molecule has 1 aliphatic heterocycles. The van der Waals surface area contributed by atoms with E-state index < -0.39 is 0 Å². The number of benzene rings is 1. The molecule has 164 valence electrons. The Morgan fingerprint density at radius 2 is 1.87 bits per heavy atom. The highest BCUT2D eigenvalue weighted by molar-refractivity contribution is 5.93. The summed E-state index contributed by atoms with van der Waals surface area (Å²) in [5, 5.41) is 3.29. The first kappa shape index (κ1) is 21.4. The second-order valence-electron chi connectivity index (χ2n) is 9.26. The van der Waals surface area contributed by atoms with Gasteiger partial charge in [0.1, 0.15) is 5.82 Å². The van der Waals surface area contributed by atoms with Crippen molar-refractivity contribution < 1.29 is 9.18 Å². The zero-order valence-electron chi connectivity index (χ0n) is 18.1. The van der Waals surface area contributed by atoms with E-state index in [-0.39, 0.29) is 11.7 Å². The number of anilines is 1. The van der Waals surface area contributed by atoms with E-state index in [1.807, 2.05) is 6.07 Å². The Bertz CT molecular complexity index is 734. The Morgan fingerprint density at radius 1 is 1.07 bits per heavy atom. The molecule has 30 heavy (non-hydrogen) atoms. The topological polar surface area (TPSA) is 35.6 Å². The first-order chi connectivity index (χ1) is 14.7. The van der Waals surface area contributed by atoms with Crippen LogP contribution in [0.4, 0.5) is 10.1 Å². The number of nitrogens with zero attached hydrogens (tertiary/aromatic N) is 2. The second-order valence-corrected chi connectivity index (χ2v) is 9.26. The van der Waals surface area contributed by atoms with Crippen LogP contribution in [0.25, 0.3) is 0 Å². The number of piperazine rings is 1. The van der Waals surface area contributed by atoms with Gasteiger partial charge in [-0.25, -0.2) is 4.39 Å². The number of hydrogen-bond acceptors (Lipinski definition) is 3. The lowest BCUT2D eigenvalue weighted by Gasteiger charge is -2.37. The van der Waals surface area contributed by atoms with Crippen LogP contribution in [0.15, 0.2) is 35.9 Å². The fourth-order valence-electron chi connectivity index (χ4n) is 5.19. The van der Waals surface area contributed by atoms with E-state index in [2.05, 4.69) is 21.2 Å². The molecule has 1 heterocycles. The average molecular weight is 414 g/mol. The van der Waals surface area contributed by atoms with Crippen LogP contribution < -0.4 is 10.2 Å². The third-order valence-electron chi connectivity index (χ3n) is 7.16. The minimum absolute atomic E-state index is 0.155. The van der Waals surface area contributed by atoms with Gasteiger partial charge in [0.05, 0.1) is 0 Å². The average Bonchev–Trinajstić information content (AvgIpc) is 2.79. The molecule has 1 saturated heterocycles. The highest BCUT2D eigenvalue weighted by atomic mass is 19.1. The van der Waals surface area contributed by atoms with Crippen molar-refractivity contribution in [2.75, 3.05) is 37.6 Å².